The Bertz CT molecular complexity index is 159. The summed E-state index contributed by atoms with van der Waals surface area (Å²) < 4.78 is 1.43. The van der Waals surface area contributed by atoms with E-state index in [-0.39, 0.29) is 19.2 Å². The molecule has 18 heavy (non-hydrogen) atoms. The van der Waals surface area contributed by atoms with Gasteiger partial charge in [0.15, 0.2) is 0 Å². The van der Waals surface area contributed by atoms with Gasteiger partial charge in [-0.3, -0.25) is 0 Å². The zero-order valence-corrected chi connectivity index (χ0v) is 16.2. The second-order valence-electron chi connectivity index (χ2n) is 5.49. The predicted molar refractivity (Wildman–Crippen MR) is 88.5 cm³/mol. The van der Waals surface area contributed by atoms with Gasteiger partial charge in [0.25, 0.3) is 0 Å². The molecule has 0 aliphatic heterocycles. The first kappa shape index (κ1) is 19.0. The first-order valence-electron chi connectivity index (χ1n) is 8.26. The molecule has 1 radical (unpaired) electrons. The quantitative estimate of drug-likeness (QED) is 0.226. The van der Waals surface area contributed by atoms with E-state index < -0.39 is 0 Å². The van der Waals surface area contributed by atoms with E-state index in [1.165, 1.54) is 94.3 Å². The maximum absolute atomic E-state index is 5.12. The number of hydrogen-bond acceptors (Lipinski definition) is 1. The summed E-state index contributed by atoms with van der Waals surface area (Å²) in [5.41, 5.74) is 0. The van der Waals surface area contributed by atoms with Gasteiger partial charge in [-0.05, 0) is 0 Å². The summed E-state index contributed by atoms with van der Waals surface area (Å²) in [5.74, 6) is 0. The standard InChI is InChI=1S/C16H33.S.Sn/c1-3-5-7-9-11-13-15-16-14-12-10-8-6-4-2;;/h1,3-16H2,2H3;;. The van der Waals surface area contributed by atoms with Gasteiger partial charge in [0, 0.05) is 0 Å². The molecule has 0 atom stereocenters. The van der Waals surface area contributed by atoms with E-state index in [1.807, 2.05) is 0 Å². The molecule has 0 saturated carbocycles. The molecule has 0 aliphatic carbocycles. The van der Waals surface area contributed by atoms with Crippen molar-refractivity contribution in [3.8, 4) is 0 Å². The monoisotopic (exact) mass is 377 g/mol. The molecule has 0 amide bonds. The van der Waals surface area contributed by atoms with Crippen LogP contribution in [0.5, 0.6) is 0 Å². The van der Waals surface area contributed by atoms with Gasteiger partial charge in [-0.2, -0.15) is 0 Å². The molecule has 0 rings (SSSR count). The molecule has 0 aromatic heterocycles. The fourth-order valence-corrected chi connectivity index (χ4v) is 4.49. The molecule has 0 fully saturated rings. The summed E-state index contributed by atoms with van der Waals surface area (Å²) in [5, 5.41) is 0. The van der Waals surface area contributed by atoms with Crippen LogP contribution in [0.1, 0.15) is 96.8 Å². The third-order valence-corrected chi connectivity index (χ3v) is 6.59. The van der Waals surface area contributed by atoms with Gasteiger partial charge < -0.3 is 0 Å². The molecule has 0 bridgehead atoms. The van der Waals surface area contributed by atoms with Crippen LogP contribution in [0.4, 0.5) is 0 Å². The Balaban J connectivity index is 2.88. The van der Waals surface area contributed by atoms with Crippen molar-refractivity contribution in [3.05, 3.63) is 0 Å². The van der Waals surface area contributed by atoms with Crippen LogP contribution in [0, 0.1) is 0 Å². The summed E-state index contributed by atoms with van der Waals surface area (Å²) >= 11 is -0.293. The van der Waals surface area contributed by atoms with Gasteiger partial charge in [0.05, 0.1) is 0 Å². The van der Waals surface area contributed by atoms with Crippen LogP contribution >= 0.6 is 9.29 Å². The zero-order chi connectivity index (χ0) is 13.3. The molecule has 0 saturated heterocycles. The normalized spacial score (nSPS) is 10.7. The van der Waals surface area contributed by atoms with Crippen molar-refractivity contribution in [3.63, 3.8) is 0 Å². The first-order valence-corrected chi connectivity index (χ1v) is 14.2. The topological polar surface area (TPSA) is 0 Å². The van der Waals surface area contributed by atoms with Crippen LogP contribution < -0.4 is 0 Å². The Morgan fingerprint density at radius 2 is 0.889 bits per heavy atom. The van der Waals surface area contributed by atoms with Crippen LogP contribution in [0.15, 0.2) is 0 Å². The zero-order valence-electron chi connectivity index (χ0n) is 12.5. The Morgan fingerprint density at radius 1 is 0.556 bits per heavy atom. The number of unbranched alkanes of at least 4 members (excludes halogenated alkanes) is 13. The molecule has 0 heterocycles. The van der Waals surface area contributed by atoms with E-state index in [1.54, 1.807) is 0 Å². The Hall–Kier alpha value is 1.02. The maximum atomic E-state index is 5.12. The summed E-state index contributed by atoms with van der Waals surface area (Å²) in [7, 11) is 5.12. The summed E-state index contributed by atoms with van der Waals surface area (Å²) in [4.78, 5) is 0. The van der Waals surface area contributed by atoms with Gasteiger partial charge in [-0.15, -0.1) is 0 Å². The molecule has 107 valence electrons. The average Bonchev–Trinajstić information content (AvgIpc) is 2.39. The molecule has 0 aromatic rings. The van der Waals surface area contributed by atoms with Gasteiger partial charge in [0.1, 0.15) is 0 Å². The van der Waals surface area contributed by atoms with E-state index in [9.17, 15) is 0 Å². The van der Waals surface area contributed by atoms with Gasteiger partial charge in [0.2, 0.25) is 0 Å². The molecule has 0 unspecified atom stereocenters. The van der Waals surface area contributed by atoms with E-state index >= 15 is 0 Å². The van der Waals surface area contributed by atoms with E-state index in [4.69, 9.17) is 9.29 Å². The SMILES string of the molecule is CCCCCCCCCCCCCCC[CH2][Sn]=[S]. The van der Waals surface area contributed by atoms with E-state index in [0.29, 0.717) is 0 Å². The second-order valence-corrected chi connectivity index (χ2v) is 9.68. The summed E-state index contributed by atoms with van der Waals surface area (Å²) in [6.45, 7) is 2.29. The fourth-order valence-electron chi connectivity index (χ4n) is 2.39. The molecule has 0 nitrogen and oxygen atoms in total. The molecule has 2 heteroatoms. The summed E-state index contributed by atoms with van der Waals surface area (Å²) in [6, 6.07) is 0. The average molecular weight is 376 g/mol. The van der Waals surface area contributed by atoms with Crippen molar-refractivity contribution in [1.82, 2.24) is 0 Å². The Labute approximate surface area is 129 Å². The van der Waals surface area contributed by atoms with Crippen molar-refractivity contribution in [2.24, 2.45) is 0 Å². The molecule has 0 aliphatic rings. The minimum absolute atomic E-state index is 0.293. The minimum atomic E-state index is -0.293. The first-order chi connectivity index (χ1) is 8.91. The summed E-state index contributed by atoms with van der Waals surface area (Å²) in [6.07, 6.45) is 20.4. The van der Waals surface area contributed by atoms with Gasteiger partial charge >= 0.3 is 104 Å². The van der Waals surface area contributed by atoms with Crippen molar-refractivity contribution in [1.29, 1.82) is 0 Å². The fraction of sp³-hybridized carbons (Fsp3) is 1.00. The van der Waals surface area contributed by atoms with E-state index in [0.717, 1.165) is 0 Å². The molecule has 0 aromatic carbocycles. The number of hydrogen-bond donors (Lipinski definition) is 0. The van der Waals surface area contributed by atoms with Crippen LogP contribution in [0.25, 0.3) is 0 Å². The Morgan fingerprint density at radius 3 is 1.22 bits per heavy atom. The van der Waals surface area contributed by atoms with Crippen molar-refractivity contribution in [2.45, 2.75) is 101 Å². The molecular weight excluding hydrogens is 343 g/mol. The van der Waals surface area contributed by atoms with Crippen LogP contribution in [-0.4, -0.2) is 19.2 Å². The molecular formula is C16H33SSn. The Kier molecular flexibility index (Phi) is 19.0. The number of rotatable bonds is 15. The van der Waals surface area contributed by atoms with Gasteiger partial charge in [-0.25, -0.2) is 0 Å². The second kappa shape index (κ2) is 18.0. The van der Waals surface area contributed by atoms with Crippen LogP contribution in [-0.2, 0) is 0 Å². The molecule has 0 spiro atoms. The third-order valence-electron chi connectivity index (χ3n) is 3.63. The van der Waals surface area contributed by atoms with Gasteiger partial charge in [-0.1, -0.05) is 26.2 Å². The van der Waals surface area contributed by atoms with Crippen LogP contribution in [0.3, 0.4) is 0 Å². The predicted octanol–water partition coefficient (Wildman–Crippen LogP) is 6.70. The van der Waals surface area contributed by atoms with Crippen LogP contribution in [0.2, 0.25) is 4.44 Å². The van der Waals surface area contributed by atoms with Crippen molar-refractivity contribution >= 4 is 28.5 Å². The molecule has 0 N–H and O–H groups in total. The van der Waals surface area contributed by atoms with Crippen molar-refractivity contribution < 1.29 is 0 Å². The van der Waals surface area contributed by atoms with Crippen molar-refractivity contribution in [2.75, 3.05) is 0 Å². The third kappa shape index (κ3) is 17.0. The van der Waals surface area contributed by atoms with E-state index in [2.05, 4.69) is 6.92 Å².